The summed E-state index contributed by atoms with van der Waals surface area (Å²) in [7, 11) is 1.63. The van der Waals surface area contributed by atoms with Crippen molar-refractivity contribution in [3.63, 3.8) is 0 Å². The van der Waals surface area contributed by atoms with Crippen molar-refractivity contribution in [3.8, 4) is 5.75 Å². The number of aromatic nitrogens is 2. The molecule has 1 heterocycles. The van der Waals surface area contributed by atoms with E-state index < -0.39 is 5.60 Å². The highest BCUT2D eigenvalue weighted by molar-refractivity contribution is 5.80. The first-order valence-corrected chi connectivity index (χ1v) is 8.23. The van der Waals surface area contributed by atoms with Crippen LogP contribution in [0.3, 0.4) is 0 Å². The molecule has 0 aliphatic carbocycles. The van der Waals surface area contributed by atoms with Crippen molar-refractivity contribution in [2.45, 2.75) is 60.1 Å². The Morgan fingerprint density at radius 2 is 1.83 bits per heavy atom. The zero-order valence-electron chi connectivity index (χ0n) is 15.8. The lowest BCUT2D eigenvalue weighted by molar-refractivity contribution is -0.155. The van der Waals surface area contributed by atoms with Crippen molar-refractivity contribution in [1.82, 2.24) is 9.55 Å². The molecule has 0 aliphatic heterocycles. The highest BCUT2D eigenvalue weighted by Crippen LogP contribution is 2.26. The third-order valence-electron chi connectivity index (χ3n) is 3.43. The minimum Gasteiger partial charge on any atom is -0.497 e. The van der Waals surface area contributed by atoms with Gasteiger partial charge in [-0.3, -0.25) is 4.79 Å². The van der Waals surface area contributed by atoms with E-state index in [4.69, 9.17) is 14.5 Å². The molecule has 0 saturated carbocycles. The molecule has 0 aliphatic rings. The maximum absolute atomic E-state index is 12.3. The quantitative estimate of drug-likeness (QED) is 0.795. The summed E-state index contributed by atoms with van der Waals surface area (Å²) in [6.45, 7) is 12.2. The van der Waals surface area contributed by atoms with Crippen molar-refractivity contribution in [2.75, 3.05) is 7.11 Å². The predicted molar refractivity (Wildman–Crippen MR) is 95.3 cm³/mol. The Balaban J connectivity index is 2.45. The molecule has 0 N–H and O–H groups in total. The zero-order chi connectivity index (χ0) is 18.1. The molecule has 0 unspecified atom stereocenters. The number of rotatable bonds is 4. The van der Waals surface area contributed by atoms with E-state index in [-0.39, 0.29) is 17.9 Å². The lowest BCUT2D eigenvalue weighted by atomic mass is 9.92. The number of carbonyl (C=O) groups is 1. The SMILES string of the molecule is COc1ccc2nc(CC(C)(C)C)n(CC(=O)OC(C)(C)C)c2c1. The number of esters is 1. The van der Waals surface area contributed by atoms with Gasteiger partial charge in [-0.1, -0.05) is 20.8 Å². The van der Waals surface area contributed by atoms with E-state index in [2.05, 4.69) is 20.8 Å². The van der Waals surface area contributed by atoms with E-state index in [0.29, 0.717) is 0 Å². The minimum atomic E-state index is -0.505. The molecular weight excluding hydrogens is 304 g/mol. The second-order valence-electron chi connectivity index (χ2n) is 8.29. The van der Waals surface area contributed by atoms with Crippen LogP contribution in [0.25, 0.3) is 11.0 Å². The van der Waals surface area contributed by atoms with Crippen LogP contribution in [0.2, 0.25) is 0 Å². The lowest BCUT2D eigenvalue weighted by Crippen LogP contribution is -2.27. The Morgan fingerprint density at radius 3 is 2.38 bits per heavy atom. The molecule has 0 fully saturated rings. The molecular formula is C19H28N2O3. The van der Waals surface area contributed by atoms with Crippen molar-refractivity contribution < 1.29 is 14.3 Å². The van der Waals surface area contributed by atoms with Gasteiger partial charge >= 0.3 is 5.97 Å². The second kappa shape index (κ2) is 6.46. The molecule has 0 bridgehead atoms. The van der Waals surface area contributed by atoms with Gasteiger partial charge in [-0.15, -0.1) is 0 Å². The van der Waals surface area contributed by atoms with Crippen LogP contribution in [0.1, 0.15) is 47.4 Å². The fourth-order valence-electron chi connectivity index (χ4n) is 2.57. The minimum absolute atomic E-state index is 0.0666. The largest absolute Gasteiger partial charge is 0.497 e. The summed E-state index contributed by atoms with van der Waals surface area (Å²) < 4.78 is 12.7. The predicted octanol–water partition coefficient (Wildman–Crippen LogP) is 3.98. The van der Waals surface area contributed by atoms with E-state index in [1.54, 1.807) is 7.11 Å². The topological polar surface area (TPSA) is 53.4 Å². The van der Waals surface area contributed by atoms with E-state index in [0.717, 1.165) is 29.0 Å². The van der Waals surface area contributed by atoms with E-state index in [9.17, 15) is 4.79 Å². The van der Waals surface area contributed by atoms with Gasteiger partial charge in [-0.2, -0.15) is 0 Å². The van der Waals surface area contributed by atoms with Crippen molar-refractivity contribution in [2.24, 2.45) is 5.41 Å². The lowest BCUT2D eigenvalue weighted by Gasteiger charge is -2.21. The van der Waals surface area contributed by atoms with Gasteiger partial charge in [0.25, 0.3) is 0 Å². The van der Waals surface area contributed by atoms with Gasteiger partial charge in [0, 0.05) is 12.5 Å². The van der Waals surface area contributed by atoms with Crippen molar-refractivity contribution in [3.05, 3.63) is 24.0 Å². The summed E-state index contributed by atoms with van der Waals surface area (Å²) in [6, 6.07) is 5.72. The van der Waals surface area contributed by atoms with Gasteiger partial charge in [-0.25, -0.2) is 4.98 Å². The molecule has 0 radical (unpaired) electrons. The Kier molecular flexibility index (Phi) is 4.92. The Labute approximate surface area is 144 Å². The Bertz CT molecular complexity index is 733. The highest BCUT2D eigenvalue weighted by Gasteiger charge is 2.22. The average molecular weight is 332 g/mol. The number of hydrogen-bond acceptors (Lipinski definition) is 4. The number of nitrogens with zero attached hydrogens (tertiary/aromatic N) is 2. The number of benzene rings is 1. The van der Waals surface area contributed by atoms with Crippen LogP contribution in [0, 0.1) is 5.41 Å². The average Bonchev–Trinajstić information content (AvgIpc) is 2.71. The van der Waals surface area contributed by atoms with Crippen molar-refractivity contribution in [1.29, 1.82) is 0 Å². The molecule has 0 amide bonds. The van der Waals surface area contributed by atoms with Crippen LogP contribution < -0.4 is 4.74 Å². The summed E-state index contributed by atoms with van der Waals surface area (Å²) >= 11 is 0. The first-order chi connectivity index (χ1) is 11.0. The molecule has 0 spiro atoms. The van der Waals surface area contributed by atoms with Crippen LogP contribution in [-0.4, -0.2) is 28.2 Å². The number of carbonyl (C=O) groups excluding carboxylic acids is 1. The van der Waals surface area contributed by atoms with Crippen LogP contribution in [0.15, 0.2) is 18.2 Å². The number of fused-ring (bicyclic) bond motifs is 1. The maximum atomic E-state index is 12.3. The summed E-state index contributed by atoms with van der Waals surface area (Å²) in [5.74, 6) is 1.37. The van der Waals surface area contributed by atoms with Gasteiger partial charge in [-0.05, 0) is 38.3 Å². The van der Waals surface area contributed by atoms with Crippen LogP contribution >= 0.6 is 0 Å². The van der Waals surface area contributed by atoms with Crippen molar-refractivity contribution >= 4 is 17.0 Å². The third kappa shape index (κ3) is 4.73. The van der Waals surface area contributed by atoms with Crippen LogP contribution in [0.5, 0.6) is 5.75 Å². The third-order valence-corrected chi connectivity index (χ3v) is 3.43. The Hall–Kier alpha value is -2.04. The fraction of sp³-hybridized carbons (Fsp3) is 0.579. The monoisotopic (exact) mass is 332 g/mol. The van der Waals surface area contributed by atoms with Gasteiger partial charge in [0.15, 0.2) is 0 Å². The van der Waals surface area contributed by atoms with Crippen LogP contribution in [-0.2, 0) is 22.5 Å². The second-order valence-corrected chi connectivity index (χ2v) is 8.29. The summed E-state index contributed by atoms with van der Waals surface area (Å²) in [6.07, 6.45) is 0.771. The highest BCUT2D eigenvalue weighted by atomic mass is 16.6. The molecule has 5 nitrogen and oxygen atoms in total. The summed E-state index contributed by atoms with van der Waals surface area (Å²) in [5, 5.41) is 0. The number of imidazole rings is 1. The molecule has 2 rings (SSSR count). The molecule has 1 aromatic heterocycles. The molecule has 5 heteroatoms. The molecule has 132 valence electrons. The maximum Gasteiger partial charge on any atom is 0.326 e. The summed E-state index contributed by atoms with van der Waals surface area (Å²) in [5.41, 5.74) is 1.31. The zero-order valence-corrected chi connectivity index (χ0v) is 15.8. The van der Waals surface area contributed by atoms with Gasteiger partial charge in [0.1, 0.15) is 23.7 Å². The van der Waals surface area contributed by atoms with E-state index in [1.165, 1.54) is 0 Å². The standard InChI is InChI=1S/C19H28N2O3/c1-18(2,3)11-16-20-14-9-8-13(23-7)10-15(14)21(16)12-17(22)24-19(4,5)6/h8-10H,11-12H2,1-7H3. The number of ether oxygens (including phenoxy) is 2. The molecule has 0 saturated heterocycles. The first-order valence-electron chi connectivity index (χ1n) is 8.23. The van der Waals surface area contributed by atoms with Gasteiger partial charge < -0.3 is 14.0 Å². The molecule has 1 aromatic carbocycles. The van der Waals surface area contributed by atoms with Crippen LogP contribution in [0.4, 0.5) is 0 Å². The van der Waals surface area contributed by atoms with Gasteiger partial charge in [0.05, 0.1) is 18.1 Å². The Morgan fingerprint density at radius 1 is 1.17 bits per heavy atom. The normalized spacial score (nSPS) is 12.5. The first kappa shape index (κ1) is 18.3. The molecule has 2 aromatic rings. The summed E-state index contributed by atoms with van der Waals surface area (Å²) in [4.78, 5) is 17.1. The smallest absolute Gasteiger partial charge is 0.326 e. The van der Waals surface area contributed by atoms with E-state index in [1.807, 2.05) is 43.5 Å². The number of hydrogen-bond donors (Lipinski definition) is 0. The van der Waals surface area contributed by atoms with E-state index >= 15 is 0 Å². The van der Waals surface area contributed by atoms with Gasteiger partial charge in [0.2, 0.25) is 0 Å². The molecule has 0 atom stereocenters. The fourth-order valence-corrected chi connectivity index (χ4v) is 2.57. The molecule has 24 heavy (non-hydrogen) atoms. The number of methoxy groups -OCH3 is 1.